The molecule has 106 valence electrons. The van der Waals surface area contributed by atoms with Gasteiger partial charge in [0.2, 0.25) is 5.12 Å². The summed E-state index contributed by atoms with van der Waals surface area (Å²) in [6, 6.07) is 7.21. The van der Waals surface area contributed by atoms with Crippen molar-refractivity contribution in [1.82, 2.24) is 4.98 Å². The van der Waals surface area contributed by atoms with E-state index in [1.807, 2.05) is 19.1 Å². The van der Waals surface area contributed by atoms with Crippen molar-refractivity contribution < 1.29 is 9.53 Å². The van der Waals surface area contributed by atoms with Crippen molar-refractivity contribution in [1.29, 1.82) is 0 Å². The maximum atomic E-state index is 11.8. The monoisotopic (exact) mass is 309 g/mol. The molecule has 0 aliphatic carbocycles. The highest BCUT2D eigenvalue weighted by atomic mass is 35.5. The van der Waals surface area contributed by atoms with E-state index in [1.54, 1.807) is 18.3 Å². The van der Waals surface area contributed by atoms with Gasteiger partial charge in [0, 0.05) is 16.8 Å². The Morgan fingerprint density at radius 2 is 2.25 bits per heavy atom. The molecule has 2 aromatic rings. The highest BCUT2D eigenvalue weighted by Crippen LogP contribution is 2.29. The van der Waals surface area contributed by atoms with Gasteiger partial charge >= 0.3 is 0 Å². The Kier molecular flexibility index (Phi) is 5.26. The van der Waals surface area contributed by atoms with Gasteiger partial charge in [0.05, 0.1) is 5.02 Å². The summed E-state index contributed by atoms with van der Waals surface area (Å²) in [6.45, 7) is 4.13. The minimum Gasteiger partial charge on any atom is -0.483 e. The lowest BCUT2D eigenvalue weighted by atomic mass is 10.2. The number of pyridine rings is 1. The van der Waals surface area contributed by atoms with E-state index in [0.717, 1.165) is 11.8 Å². The van der Waals surface area contributed by atoms with Gasteiger partial charge in [-0.05, 0) is 30.7 Å². The highest BCUT2D eigenvalue weighted by Gasteiger charge is 2.11. The van der Waals surface area contributed by atoms with Crippen LogP contribution >= 0.6 is 23.4 Å². The molecule has 0 aliphatic heterocycles. The van der Waals surface area contributed by atoms with Crippen LogP contribution in [0.4, 0.5) is 0 Å². The molecule has 0 spiro atoms. The third-order valence-electron chi connectivity index (χ3n) is 2.93. The molecule has 1 aromatic carbocycles. The van der Waals surface area contributed by atoms with Crippen molar-refractivity contribution in [2.45, 2.75) is 25.5 Å². The van der Waals surface area contributed by atoms with Gasteiger partial charge < -0.3 is 4.74 Å². The van der Waals surface area contributed by atoms with Crippen LogP contribution in [-0.4, -0.2) is 22.0 Å². The summed E-state index contributed by atoms with van der Waals surface area (Å²) in [5, 5.41) is 1.79. The van der Waals surface area contributed by atoms with Crippen LogP contribution in [0.5, 0.6) is 5.75 Å². The molecule has 1 heterocycles. The average Bonchev–Trinajstić information content (AvgIpc) is 2.46. The Morgan fingerprint density at radius 1 is 1.45 bits per heavy atom. The van der Waals surface area contributed by atoms with E-state index in [9.17, 15) is 4.79 Å². The SMILES string of the molecule is CCC(C)SC(=O)COc1ccc(Cl)c2cccnc12. The van der Waals surface area contributed by atoms with Gasteiger partial charge in [0.25, 0.3) is 0 Å². The number of aromatic nitrogens is 1. The number of thioether (sulfide) groups is 1. The van der Waals surface area contributed by atoms with E-state index in [4.69, 9.17) is 16.3 Å². The van der Waals surface area contributed by atoms with E-state index in [0.29, 0.717) is 21.5 Å². The topological polar surface area (TPSA) is 39.2 Å². The summed E-state index contributed by atoms with van der Waals surface area (Å²) in [6.07, 6.45) is 2.64. The van der Waals surface area contributed by atoms with E-state index < -0.39 is 0 Å². The van der Waals surface area contributed by atoms with Crippen molar-refractivity contribution in [3.05, 3.63) is 35.5 Å². The molecule has 0 fully saturated rings. The van der Waals surface area contributed by atoms with Crippen molar-refractivity contribution in [3.63, 3.8) is 0 Å². The number of benzene rings is 1. The standard InChI is InChI=1S/C15H16ClNO2S/c1-3-10(2)20-14(18)9-19-13-7-6-12(16)11-5-4-8-17-15(11)13/h4-8,10H,3,9H2,1-2H3. The van der Waals surface area contributed by atoms with Crippen LogP contribution in [0.25, 0.3) is 10.9 Å². The first-order chi connectivity index (χ1) is 9.61. The van der Waals surface area contributed by atoms with Crippen LogP contribution in [0.3, 0.4) is 0 Å². The Balaban J connectivity index is 2.11. The van der Waals surface area contributed by atoms with E-state index in [2.05, 4.69) is 11.9 Å². The molecule has 3 nitrogen and oxygen atoms in total. The van der Waals surface area contributed by atoms with Crippen molar-refractivity contribution >= 4 is 39.4 Å². The molecule has 0 saturated heterocycles. The highest BCUT2D eigenvalue weighted by molar-refractivity contribution is 8.14. The van der Waals surface area contributed by atoms with Crippen LogP contribution in [0.2, 0.25) is 5.02 Å². The molecular weight excluding hydrogens is 294 g/mol. The van der Waals surface area contributed by atoms with Gasteiger partial charge in [-0.2, -0.15) is 0 Å². The summed E-state index contributed by atoms with van der Waals surface area (Å²) < 4.78 is 5.59. The third kappa shape index (κ3) is 3.64. The molecule has 0 amide bonds. The van der Waals surface area contributed by atoms with Gasteiger partial charge in [0.1, 0.15) is 11.3 Å². The van der Waals surface area contributed by atoms with Gasteiger partial charge in [-0.3, -0.25) is 9.78 Å². The number of carbonyl (C=O) groups excluding carboxylic acids is 1. The largest absolute Gasteiger partial charge is 0.483 e. The fraction of sp³-hybridized carbons (Fsp3) is 0.333. The average molecular weight is 310 g/mol. The van der Waals surface area contributed by atoms with Gasteiger partial charge in [0.15, 0.2) is 6.61 Å². The van der Waals surface area contributed by atoms with Gasteiger partial charge in [-0.25, -0.2) is 0 Å². The number of hydrogen-bond acceptors (Lipinski definition) is 4. The van der Waals surface area contributed by atoms with E-state index >= 15 is 0 Å². The van der Waals surface area contributed by atoms with Gasteiger partial charge in [-0.1, -0.05) is 37.2 Å². The van der Waals surface area contributed by atoms with Crippen molar-refractivity contribution in [2.75, 3.05) is 6.61 Å². The Hall–Kier alpha value is -1.26. The molecule has 1 atom stereocenters. The van der Waals surface area contributed by atoms with E-state index in [-0.39, 0.29) is 11.7 Å². The Morgan fingerprint density at radius 3 is 3.00 bits per heavy atom. The van der Waals surface area contributed by atoms with Crippen LogP contribution in [0, 0.1) is 0 Å². The molecule has 0 saturated carbocycles. The molecule has 1 unspecified atom stereocenters. The minimum atomic E-state index is 0.0263. The number of carbonyl (C=O) groups is 1. The number of nitrogens with zero attached hydrogens (tertiary/aromatic N) is 1. The van der Waals surface area contributed by atoms with Crippen LogP contribution in [-0.2, 0) is 4.79 Å². The molecule has 2 rings (SSSR count). The fourth-order valence-corrected chi connectivity index (χ4v) is 2.66. The second kappa shape index (κ2) is 6.95. The van der Waals surface area contributed by atoms with E-state index in [1.165, 1.54) is 11.8 Å². The number of fused-ring (bicyclic) bond motifs is 1. The lowest BCUT2D eigenvalue weighted by Gasteiger charge is -2.10. The zero-order valence-corrected chi connectivity index (χ0v) is 13.0. The van der Waals surface area contributed by atoms with Gasteiger partial charge in [-0.15, -0.1) is 0 Å². The van der Waals surface area contributed by atoms with Crippen LogP contribution in [0.1, 0.15) is 20.3 Å². The predicted octanol–water partition coefficient (Wildman–Crippen LogP) is 4.33. The summed E-state index contributed by atoms with van der Waals surface area (Å²) in [5.41, 5.74) is 0.682. The molecule has 0 bridgehead atoms. The Labute approximate surface area is 127 Å². The molecular formula is C15H16ClNO2S. The Bertz CT molecular complexity index is 618. The number of rotatable bonds is 5. The zero-order chi connectivity index (χ0) is 14.5. The summed E-state index contributed by atoms with van der Waals surface area (Å²) in [7, 11) is 0. The minimum absolute atomic E-state index is 0.0263. The fourth-order valence-electron chi connectivity index (χ4n) is 1.71. The molecule has 5 heteroatoms. The lowest BCUT2D eigenvalue weighted by molar-refractivity contribution is -0.112. The predicted molar refractivity (Wildman–Crippen MR) is 84.6 cm³/mol. The molecule has 0 aliphatic rings. The smallest absolute Gasteiger partial charge is 0.226 e. The number of halogens is 1. The first-order valence-electron chi connectivity index (χ1n) is 6.47. The maximum absolute atomic E-state index is 11.8. The molecule has 20 heavy (non-hydrogen) atoms. The number of hydrogen-bond donors (Lipinski definition) is 0. The third-order valence-corrected chi connectivity index (χ3v) is 4.38. The maximum Gasteiger partial charge on any atom is 0.226 e. The molecule has 0 radical (unpaired) electrons. The summed E-state index contributed by atoms with van der Waals surface area (Å²) in [5.74, 6) is 0.586. The van der Waals surface area contributed by atoms with Crippen LogP contribution in [0.15, 0.2) is 30.5 Å². The normalized spacial score (nSPS) is 12.3. The quantitative estimate of drug-likeness (QED) is 0.824. The first kappa shape index (κ1) is 15.1. The van der Waals surface area contributed by atoms with Crippen LogP contribution < -0.4 is 4.74 Å². The van der Waals surface area contributed by atoms with Crippen molar-refractivity contribution in [2.24, 2.45) is 0 Å². The van der Waals surface area contributed by atoms with Crippen molar-refractivity contribution in [3.8, 4) is 5.75 Å². The molecule has 1 aromatic heterocycles. The summed E-state index contributed by atoms with van der Waals surface area (Å²) >= 11 is 7.43. The number of ether oxygens (including phenoxy) is 1. The zero-order valence-electron chi connectivity index (χ0n) is 11.4. The first-order valence-corrected chi connectivity index (χ1v) is 7.73. The lowest BCUT2D eigenvalue weighted by Crippen LogP contribution is -2.11. The molecule has 0 N–H and O–H groups in total. The second-order valence-corrected chi connectivity index (χ2v) is 6.35. The second-order valence-electron chi connectivity index (χ2n) is 4.44. The summed E-state index contributed by atoms with van der Waals surface area (Å²) in [4.78, 5) is 16.0.